The highest BCUT2D eigenvalue weighted by Gasteiger charge is 2.50. The number of rotatable bonds is 9. The lowest BCUT2D eigenvalue weighted by Gasteiger charge is -2.47. The van der Waals surface area contributed by atoms with Gasteiger partial charge in [-0.25, -0.2) is 4.79 Å². The molecule has 14 atom stereocenters. The molecule has 42 heavy (non-hydrogen) atoms. The highest BCUT2D eigenvalue weighted by molar-refractivity contribution is 5.67. The van der Waals surface area contributed by atoms with E-state index in [0.29, 0.717) is 0 Å². The third-order valence-corrected chi connectivity index (χ3v) is 7.84. The van der Waals surface area contributed by atoms with E-state index in [9.17, 15) is 30.3 Å². The second kappa shape index (κ2) is 14.6. The van der Waals surface area contributed by atoms with E-state index < -0.39 is 98.3 Å². The Bertz CT molecular complexity index is 997. The minimum atomic E-state index is -1.48. The van der Waals surface area contributed by atoms with Crippen molar-refractivity contribution in [3.63, 3.8) is 0 Å². The van der Waals surface area contributed by atoms with Crippen LogP contribution in [0.25, 0.3) is 0 Å². The molecule has 16 nitrogen and oxygen atoms in total. The van der Waals surface area contributed by atoms with Gasteiger partial charge in [-0.1, -0.05) is 30.3 Å². The predicted molar refractivity (Wildman–Crippen MR) is 144 cm³/mol. The number of carbonyl (C=O) groups excluding carboxylic acids is 1. The largest absolute Gasteiger partial charge is 0.445 e. The molecule has 2 saturated heterocycles. The van der Waals surface area contributed by atoms with Crippen molar-refractivity contribution in [1.82, 2.24) is 5.32 Å². The molecule has 0 aromatic heterocycles. The average molecular weight is 602 g/mol. The first-order valence-corrected chi connectivity index (χ1v) is 13.9. The van der Waals surface area contributed by atoms with Crippen molar-refractivity contribution in [2.45, 2.75) is 105 Å². The van der Waals surface area contributed by atoms with Crippen LogP contribution in [-0.4, -0.2) is 130 Å². The van der Waals surface area contributed by atoms with Gasteiger partial charge in [-0.2, -0.15) is 0 Å². The highest BCUT2D eigenvalue weighted by Crippen LogP contribution is 2.30. The SMILES string of the molecule is N[C@@H]1[C@@H](O)[C@@H](O[C@@H]2[C@@H](O)[C@H](O[C@H]3O[C@H](CNC(=O)OCc4ccccc4)[C@@H](O)C[C@H]3N)[C@@H](N)C[C@H]2N)O[C@H](CO)[C@H]1O. The third kappa shape index (κ3) is 7.72. The van der Waals surface area contributed by atoms with E-state index in [1.165, 1.54) is 0 Å². The van der Waals surface area contributed by atoms with Gasteiger partial charge in [-0.15, -0.1) is 0 Å². The number of hydrogen-bond acceptors (Lipinski definition) is 15. The van der Waals surface area contributed by atoms with E-state index in [4.69, 9.17) is 46.6 Å². The molecule has 0 bridgehead atoms. The minimum absolute atomic E-state index is 0.0658. The molecule has 0 spiro atoms. The van der Waals surface area contributed by atoms with Crippen molar-refractivity contribution >= 4 is 6.09 Å². The number of amides is 1. The summed E-state index contributed by atoms with van der Waals surface area (Å²) < 4.78 is 28.3. The Kier molecular flexibility index (Phi) is 11.5. The highest BCUT2D eigenvalue weighted by atomic mass is 16.7. The first-order valence-electron chi connectivity index (χ1n) is 13.9. The Balaban J connectivity index is 1.34. The summed E-state index contributed by atoms with van der Waals surface area (Å²) in [5.41, 5.74) is 25.3. The summed E-state index contributed by atoms with van der Waals surface area (Å²) in [6, 6.07) is 5.56. The van der Waals surface area contributed by atoms with Gasteiger partial charge in [0.15, 0.2) is 12.6 Å². The van der Waals surface area contributed by atoms with Crippen LogP contribution in [0.2, 0.25) is 0 Å². The Labute approximate surface area is 242 Å². The number of carbonyl (C=O) groups is 1. The zero-order valence-electron chi connectivity index (χ0n) is 23.0. The first kappa shape index (κ1) is 32.9. The summed E-state index contributed by atoms with van der Waals surface area (Å²) in [5.74, 6) is 0. The van der Waals surface area contributed by atoms with Crippen LogP contribution in [0.5, 0.6) is 0 Å². The number of hydrogen-bond donors (Lipinski definition) is 10. The molecule has 1 aromatic rings. The van der Waals surface area contributed by atoms with E-state index in [0.717, 1.165) is 5.56 Å². The minimum Gasteiger partial charge on any atom is -0.445 e. The van der Waals surface area contributed by atoms with Crippen LogP contribution in [0.3, 0.4) is 0 Å². The standard InChI is InChI=1S/C26H43N5O11/c27-12-6-13(28)23(42-25-20(35)18(30)19(34)17(9-32)40-25)21(36)22(12)41-24-14(29)7-15(33)16(39-24)8-31-26(37)38-10-11-4-2-1-3-5-11/h1-5,12-25,32-36H,6-10,27-30H2,(H,31,37)/t12-,13+,14+,15-,16+,17+,18-,19+,20+,21-,22+,23-,24+,25+/m0/s1. The zero-order valence-corrected chi connectivity index (χ0v) is 23.0. The summed E-state index contributed by atoms with van der Waals surface area (Å²) in [6.07, 6.45) is -12.6. The van der Waals surface area contributed by atoms with E-state index in [-0.39, 0.29) is 26.0 Å². The average Bonchev–Trinajstić information content (AvgIpc) is 2.97. The van der Waals surface area contributed by atoms with Crippen LogP contribution in [0, 0.1) is 0 Å². The van der Waals surface area contributed by atoms with Crippen LogP contribution in [0.15, 0.2) is 30.3 Å². The molecule has 1 aromatic carbocycles. The number of alkyl carbamates (subject to hydrolysis) is 1. The maximum Gasteiger partial charge on any atom is 0.407 e. The molecule has 238 valence electrons. The quantitative estimate of drug-likeness (QED) is 0.128. The number of ether oxygens (including phenoxy) is 5. The second-order valence-electron chi connectivity index (χ2n) is 11.0. The van der Waals surface area contributed by atoms with Crippen molar-refractivity contribution < 1.29 is 54.0 Å². The molecule has 3 fully saturated rings. The van der Waals surface area contributed by atoms with Gasteiger partial charge in [0.2, 0.25) is 0 Å². The molecule has 16 heteroatoms. The molecule has 1 amide bonds. The number of aliphatic hydroxyl groups is 5. The molecule has 2 heterocycles. The summed E-state index contributed by atoms with van der Waals surface area (Å²) in [5, 5.41) is 54.3. The van der Waals surface area contributed by atoms with Gasteiger partial charge in [0.1, 0.15) is 49.3 Å². The zero-order chi connectivity index (χ0) is 30.6. The molecule has 2 aliphatic heterocycles. The van der Waals surface area contributed by atoms with E-state index in [1.54, 1.807) is 0 Å². The fraction of sp³-hybridized carbons (Fsp3) is 0.731. The topological polar surface area (TPSA) is 280 Å². The maximum atomic E-state index is 12.2. The van der Waals surface area contributed by atoms with Crippen molar-refractivity contribution in [3.05, 3.63) is 35.9 Å². The number of nitrogens with one attached hydrogen (secondary N) is 1. The summed E-state index contributed by atoms with van der Waals surface area (Å²) in [6.45, 7) is -0.622. The van der Waals surface area contributed by atoms with Crippen LogP contribution in [-0.2, 0) is 30.3 Å². The van der Waals surface area contributed by atoms with Gasteiger partial charge in [-0.3, -0.25) is 0 Å². The molecular weight excluding hydrogens is 558 g/mol. The molecule has 3 aliphatic rings. The van der Waals surface area contributed by atoms with Gasteiger partial charge < -0.3 is 77.5 Å². The summed E-state index contributed by atoms with van der Waals surface area (Å²) in [7, 11) is 0. The van der Waals surface area contributed by atoms with Crippen molar-refractivity contribution in [1.29, 1.82) is 0 Å². The van der Waals surface area contributed by atoms with Crippen LogP contribution in [0.1, 0.15) is 18.4 Å². The van der Waals surface area contributed by atoms with Crippen molar-refractivity contribution in [2.24, 2.45) is 22.9 Å². The summed E-state index contributed by atoms with van der Waals surface area (Å²) in [4.78, 5) is 12.2. The van der Waals surface area contributed by atoms with Crippen molar-refractivity contribution in [3.8, 4) is 0 Å². The van der Waals surface area contributed by atoms with Gasteiger partial charge in [0.25, 0.3) is 0 Å². The summed E-state index contributed by atoms with van der Waals surface area (Å²) >= 11 is 0. The fourth-order valence-electron chi connectivity index (χ4n) is 5.36. The predicted octanol–water partition coefficient (Wildman–Crippen LogP) is -4.33. The molecule has 0 unspecified atom stereocenters. The number of benzene rings is 1. The van der Waals surface area contributed by atoms with Crippen LogP contribution >= 0.6 is 0 Å². The lowest BCUT2D eigenvalue weighted by atomic mass is 9.84. The lowest BCUT2D eigenvalue weighted by Crippen LogP contribution is -2.68. The second-order valence-corrected chi connectivity index (χ2v) is 11.0. The van der Waals surface area contributed by atoms with E-state index >= 15 is 0 Å². The Morgan fingerprint density at radius 1 is 0.833 bits per heavy atom. The first-order chi connectivity index (χ1) is 20.0. The van der Waals surface area contributed by atoms with Gasteiger partial charge >= 0.3 is 6.09 Å². The van der Waals surface area contributed by atoms with Gasteiger partial charge in [-0.05, 0) is 18.4 Å². The molecule has 0 radical (unpaired) electrons. The smallest absolute Gasteiger partial charge is 0.407 e. The lowest BCUT2D eigenvalue weighted by molar-refractivity contribution is -0.315. The monoisotopic (exact) mass is 601 g/mol. The van der Waals surface area contributed by atoms with E-state index in [1.807, 2.05) is 30.3 Å². The molecule has 4 rings (SSSR count). The van der Waals surface area contributed by atoms with Crippen molar-refractivity contribution in [2.75, 3.05) is 13.2 Å². The molecular formula is C26H43N5O11. The maximum absolute atomic E-state index is 12.2. The Morgan fingerprint density at radius 2 is 1.45 bits per heavy atom. The van der Waals surface area contributed by atoms with Gasteiger partial charge in [0.05, 0.1) is 24.8 Å². The molecule has 1 aliphatic carbocycles. The van der Waals surface area contributed by atoms with Gasteiger partial charge in [0, 0.05) is 18.6 Å². The Morgan fingerprint density at radius 3 is 2.10 bits per heavy atom. The van der Waals surface area contributed by atoms with Crippen LogP contribution in [0.4, 0.5) is 4.79 Å². The molecule has 1 saturated carbocycles. The number of aliphatic hydroxyl groups excluding tert-OH is 5. The Hall–Kier alpha value is -2.03. The molecule has 14 N–H and O–H groups in total. The normalized spacial score (nSPS) is 42.6. The number of nitrogens with two attached hydrogens (primary N) is 4. The van der Waals surface area contributed by atoms with E-state index in [2.05, 4.69) is 5.32 Å². The van der Waals surface area contributed by atoms with Crippen LogP contribution < -0.4 is 28.3 Å². The fourth-order valence-corrected chi connectivity index (χ4v) is 5.36. The third-order valence-electron chi connectivity index (χ3n) is 7.84.